The van der Waals surface area contributed by atoms with Gasteiger partial charge in [-0.3, -0.25) is 4.79 Å². The average molecular weight is 308 g/mol. The van der Waals surface area contributed by atoms with E-state index < -0.39 is 0 Å². The van der Waals surface area contributed by atoms with Gasteiger partial charge in [-0.15, -0.1) is 0 Å². The van der Waals surface area contributed by atoms with Gasteiger partial charge in [0.25, 0.3) is 0 Å². The first-order valence-electron chi connectivity index (χ1n) is 8.20. The second-order valence-corrected chi connectivity index (χ2v) is 6.55. The predicted molar refractivity (Wildman–Crippen MR) is 96.0 cm³/mol. The molecule has 3 rings (SSSR count). The molecular formula is C20H24N2O. The molecule has 0 radical (unpaired) electrons. The Morgan fingerprint density at radius 2 is 1.91 bits per heavy atom. The summed E-state index contributed by atoms with van der Waals surface area (Å²) in [5.74, 6) is 0.106. The molecule has 3 heteroatoms. The molecule has 23 heavy (non-hydrogen) atoms. The molecule has 0 fully saturated rings. The Morgan fingerprint density at radius 3 is 2.61 bits per heavy atom. The van der Waals surface area contributed by atoms with Gasteiger partial charge in [-0.25, -0.2) is 0 Å². The van der Waals surface area contributed by atoms with Crippen molar-refractivity contribution in [3.05, 3.63) is 59.2 Å². The maximum absolute atomic E-state index is 12.0. The average Bonchev–Trinajstić information content (AvgIpc) is 2.49. The number of fused-ring (bicyclic) bond motifs is 1. The topological polar surface area (TPSA) is 32.3 Å². The first-order valence-corrected chi connectivity index (χ1v) is 8.20. The molecule has 0 saturated carbocycles. The van der Waals surface area contributed by atoms with Crippen molar-refractivity contribution in [2.75, 3.05) is 10.2 Å². The largest absolute Gasteiger partial charge is 0.378 e. The van der Waals surface area contributed by atoms with Gasteiger partial charge < -0.3 is 10.2 Å². The summed E-state index contributed by atoms with van der Waals surface area (Å²) in [4.78, 5) is 13.9. The van der Waals surface area contributed by atoms with Crippen molar-refractivity contribution in [2.45, 2.75) is 46.2 Å². The maximum atomic E-state index is 12.0. The third-order valence-electron chi connectivity index (χ3n) is 4.64. The van der Waals surface area contributed by atoms with Crippen molar-refractivity contribution in [2.24, 2.45) is 0 Å². The number of hydrogen-bond acceptors (Lipinski definition) is 2. The number of hydrogen-bond donors (Lipinski definition) is 1. The fourth-order valence-corrected chi connectivity index (χ4v) is 3.59. The summed E-state index contributed by atoms with van der Waals surface area (Å²) >= 11 is 0. The first kappa shape index (κ1) is 15.6. The van der Waals surface area contributed by atoms with Gasteiger partial charge in [-0.05, 0) is 50.5 Å². The molecule has 0 bridgehead atoms. The van der Waals surface area contributed by atoms with Crippen molar-refractivity contribution in [1.29, 1.82) is 0 Å². The van der Waals surface area contributed by atoms with Crippen molar-refractivity contribution >= 4 is 17.3 Å². The van der Waals surface area contributed by atoms with Crippen LogP contribution >= 0.6 is 0 Å². The zero-order valence-corrected chi connectivity index (χ0v) is 14.3. The number of aryl methyl sites for hydroxylation is 2. The van der Waals surface area contributed by atoms with Crippen LogP contribution in [-0.4, -0.2) is 11.9 Å². The number of benzene rings is 2. The van der Waals surface area contributed by atoms with Crippen LogP contribution in [-0.2, 0) is 4.79 Å². The van der Waals surface area contributed by atoms with Gasteiger partial charge in [-0.1, -0.05) is 35.9 Å². The van der Waals surface area contributed by atoms with E-state index in [4.69, 9.17) is 0 Å². The molecule has 2 aromatic rings. The van der Waals surface area contributed by atoms with Crippen LogP contribution in [0.5, 0.6) is 0 Å². The van der Waals surface area contributed by atoms with Crippen molar-refractivity contribution in [3.8, 4) is 0 Å². The number of amides is 1. The van der Waals surface area contributed by atoms with Crippen molar-refractivity contribution in [1.82, 2.24) is 0 Å². The summed E-state index contributed by atoms with van der Waals surface area (Å²) in [6, 6.07) is 15.1. The number of nitrogens with zero attached hydrogens (tertiary/aromatic N) is 1. The summed E-state index contributed by atoms with van der Waals surface area (Å²) in [6.07, 6.45) is 0.907. The number of anilines is 2. The monoisotopic (exact) mass is 308 g/mol. The van der Waals surface area contributed by atoms with E-state index in [1.165, 1.54) is 22.4 Å². The van der Waals surface area contributed by atoms with E-state index in [0.717, 1.165) is 12.1 Å². The Balaban J connectivity index is 1.97. The van der Waals surface area contributed by atoms with Crippen LogP contribution in [0.3, 0.4) is 0 Å². The minimum atomic E-state index is 0.106. The highest BCUT2D eigenvalue weighted by Gasteiger charge is 2.32. The molecule has 0 aromatic heterocycles. The molecule has 2 aromatic carbocycles. The lowest BCUT2D eigenvalue weighted by molar-refractivity contribution is -0.117. The zero-order chi connectivity index (χ0) is 16.6. The number of carbonyl (C=O) groups is 1. The highest BCUT2D eigenvalue weighted by Crippen LogP contribution is 2.39. The standard InChI is InChI=1S/C20H24N2O/c1-13-9-10-18(14(2)11-13)21-19-12-15(3)22(16(4)23)20-8-6-5-7-17(19)20/h5-11,15,19,21H,12H2,1-4H3. The normalized spacial score (nSPS) is 20.1. The van der Waals surface area contributed by atoms with Crippen LogP contribution < -0.4 is 10.2 Å². The van der Waals surface area contributed by atoms with Gasteiger partial charge in [0.15, 0.2) is 0 Å². The summed E-state index contributed by atoms with van der Waals surface area (Å²) in [5, 5.41) is 3.68. The number of carbonyl (C=O) groups excluding carboxylic acids is 1. The lowest BCUT2D eigenvalue weighted by atomic mass is 9.91. The van der Waals surface area contributed by atoms with Gasteiger partial charge in [0.2, 0.25) is 5.91 Å². The molecule has 1 amide bonds. The third-order valence-corrected chi connectivity index (χ3v) is 4.64. The van der Waals surface area contributed by atoms with Gasteiger partial charge in [0.05, 0.1) is 6.04 Å². The van der Waals surface area contributed by atoms with Crippen LogP contribution in [0.2, 0.25) is 0 Å². The number of rotatable bonds is 2. The second-order valence-electron chi connectivity index (χ2n) is 6.55. The molecule has 1 N–H and O–H groups in total. The first-order chi connectivity index (χ1) is 11.0. The molecular weight excluding hydrogens is 284 g/mol. The van der Waals surface area contributed by atoms with E-state index in [1.807, 2.05) is 23.1 Å². The van der Waals surface area contributed by atoms with Gasteiger partial charge in [0, 0.05) is 24.3 Å². The Kier molecular flexibility index (Phi) is 4.12. The molecule has 0 aliphatic carbocycles. The van der Waals surface area contributed by atoms with E-state index in [0.29, 0.717) is 0 Å². The van der Waals surface area contributed by atoms with E-state index in [9.17, 15) is 4.79 Å². The smallest absolute Gasteiger partial charge is 0.224 e. The molecule has 0 saturated heterocycles. The second kappa shape index (κ2) is 6.07. The highest BCUT2D eigenvalue weighted by atomic mass is 16.2. The molecule has 2 unspecified atom stereocenters. The predicted octanol–water partition coefficient (Wildman–Crippen LogP) is 4.60. The lowest BCUT2D eigenvalue weighted by Gasteiger charge is -2.39. The summed E-state index contributed by atoms with van der Waals surface area (Å²) < 4.78 is 0. The van der Waals surface area contributed by atoms with Gasteiger partial charge in [-0.2, -0.15) is 0 Å². The van der Waals surface area contributed by atoms with E-state index in [-0.39, 0.29) is 18.0 Å². The molecule has 1 heterocycles. The summed E-state index contributed by atoms with van der Waals surface area (Å²) in [7, 11) is 0. The van der Waals surface area contributed by atoms with Gasteiger partial charge >= 0.3 is 0 Å². The Morgan fingerprint density at radius 1 is 1.17 bits per heavy atom. The molecule has 0 spiro atoms. The molecule has 3 nitrogen and oxygen atoms in total. The van der Waals surface area contributed by atoms with E-state index in [1.54, 1.807) is 6.92 Å². The molecule has 2 atom stereocenters. The van der Waals surface area contributed by atoms with Gasteiger partial charge in [0.1, 0.15) is 0 Å². The Labute approximate surface area is 138 Å². The number of nitrogens with one attached hydrogen (secondary N) is 1. The summed E-state index contributed by atoms with van der Waals surface area (Å²) in [5.41, 5.74) is 5.91. The van der Waals surface area contributed by atoms with Crippen molar-refractivity contribution in [3.63, 3.8) is 0 Å². The molecule has 120 valence electrons. The van der Waals surface area contributed by atoms with E-state index >= 15 is 0 Å². The lowest BCUT2D eigenvalue weighted by Crippen LogP contribution is -2.43. The van der Waals surface area contributed by atoms with Crippen LogP contribution in [0, 0.1) is 13.8 Å². The fourth-order valence-electron chi connectivity index (χ4n) is 3.59. The maximum Gasteiger partial charge on any atom is 0.224 e. The quantitative estimate of drug-likeness (QED) is 0.879. The minimum Gasteiger partial charge on any atom is -0.378 e. The van der Waals surface area contributed by atoms with Crippen LogP contribution in [0.15, 0.2) is 42.5 Å². The Bertz CT molecular complexity index is 738. The molecule has 1 aliphatic heterocycles. The minimum absolute atomic E-state index is 0.106. The van der Waals surface area contributed by atoms with Crippen LogP contribution in [0.4, 0.5) is 11.4 Å². The van der Waals surface area contributed by atoms with E-state index in [2.05, 4.69) is 50.4 Å². The Hall–Kier alpha value is -2.29. The zero-order valence-electron chi connectivity index (χ0n) is 14.3. The summed E-state index contributed by atoms with van der Waals surface area (Å²) in [6.45, 7) is 8.01. The highest BCUT2D eigenvalue weighted by molar-refractivity contribution is 5.93. The molecule has 1 aliphatic rings. The number of para-hydroxylation sites is 1. The fraction of sp³-hybridized carbons (Fsp3) is 0.350. The third kappa shape index (κ3) is 2.96. The van der Waals surface area contributed by atoms with Crippen molar-refractivity contribution < 1.29 is 4.79 Å². The van der Waals surface area contributed by atoms with Crippen LogP contribution in [0.1, 0.15) is 43.0 Å². The van der Waals surface area contributed by atoms with Crippen LogP contribution in [0.25, 0.3) is 0 Å². The SMILES string of the molecule is CC(=O)N1c2ccccc2C(Nc2ccc(C)cc2C)CC1C.